The molecule has 0 aliphatic rings. The van der Waals surface area contributed by atoms with Crippen LogP contribution in [-0.2, 0) is 0 Å². The molecule has 1 heterocycles. The third-order valence-electron chi connectivity index (χ3n) is 9.72. The van der Waals surface area contributed by atoms with Crippen LogP contribution in [0.15, 0.2) is 186 Å². The van der Waals surface area contributed by atoms with E-state index in [4.69, 9.17) is 11.3 Å². The van der Waals surface area contributed by atoms with E-state index < -0.39 is 6.04 Å². The molecule has 0 amide bonds. The Balaban J connectivity index is 1.19. The molecule has 0 N–H and O–H groups in total. The second-order valence-corrected chi connectivity index (χ2v) is 12.4. The molecule has 10 aromatic rings. The van der Waals surface area contributed by atoms with Gasteiger partial charge in [0.2, 0.25) is 0 Å². The Hall–Kier alpha value is -6.44. The van der Waals surface area contributed by atoms with Crippen LogP contribution in [0.25, 0.3) is 98.8 Å². The quantitative estimate of drug-likeness (QED) is 0.177. The molecule has 228 valence electrons. The lowest BCUT2D eigenvalue weighted by Crippen LogP contribution is -1.91. The van der Waals surface area contributed by atoms with Gasteiger partial charge in [0.1, 0.15) is 11.2 Å². The van der Waals surface area contributed by atoms with E-state index in [1.54, 1.807) is 0 Å². The molecule has 9 aromatic carbocycles. The smallest absolute Gasteiger partial charge is 0.143 e. The molecule has 49 heavy (non-hydrogen) atoms. The number of benzene rings is 9. The maximum absolute atomic E-state index is 8.64. The van der Waals surface area contributed by atoms with E-state index >= 15 is 0 Å². The highest BCUT2D eigenvalue weighted by Gasteiger charge is 2.19. The molecule has 1 aromatic heterocycles. The van der Waals surface area contributed by atoms with E-state index in [2.05, 4.69) is 121 Å². The third kappa shape index (κ3) is 4.40. The van der Waals surface area contributed by atoms with E-state index in [-0.39, 0.29) is 29.7 Å². The number of hydrogen-bond donors (Lipinski definition) is 0. The van der Waals surface area contributed by atoms with Gasteiger partial charge in [-0.25, -0.2) is 0 Å². The van der Waals surface area contributed by atoms with Gasteiger partial charge in [0.15, 0.2) is 0 Å². The lowest BCUT2D eigenvalue weighted by atomic mass is 9.85. The van der Waals surface area contributed by atoms with Crippen molar-refractivity contribution >= 4 is 54.3 Å². The van der Waals surface area contributed by atoms with Gasteiger partial charge in [-0.2, -0.15) is 0 Å². The van der Waals surface area contributed by atoms with Gasteiger partial charge in [-0.1, -0.05) is 158 Å². The highest BCUT2D eigenvalue weighted by atomic mass is 16.3. The van der Waals surface area contributed by atoms with Crippen molar-refractivity contribution in [2.45, 2.75) is 0 Å². The van der Waals surface area contributed by atoms with E-state index in [0.29, 0.717) is 5.56 Å². The van der Waals surface area contributed by atoms with Crippen molar-refractivity contribution in [3.63, 3.8) is 0 Å². The monoisotopic (exact) mass is 627 g/mol. The fraction of sp³-hybridized carbons (Fsp3) is 0. The van der Waals surface area contributed by atoms with Crippen LogP contribution in [-0.4, -0.2) is 0 Å². The van der Waals surface area contributed by atoms with Crippen LogP contribution in [0.5, 0.6) is 0 Å². The maximum atomic E-state index is 8.64. The average molecular weight is 628 g/mol. The zero-order valence-electron chi connectivity index (χ0n) is 31.3. The summed E-state index contributed by atoms with van der Waals surface area (Å²) in [5.74, 6) is 0. The molecule has 10 rings (SSSR count). The minimum Gasteiger partial charge on any atom is -0.455 e. The third-order valence-corrected chi connectivity index (χ3v) is 9.72. The molecule has 0 aliphatic carbocycles. The first-order chi connectivity index (χ1) is 26.4. The van der Waals surface area contributed by atoms with Gasteiger partial charge in [-0.05, 0) is 95.7 Å². The van der Waals surface area contributed by atoms with Gasteiger partial charge in [0.05, 0.1) is 6.85 Å². The first kappa shape index (κ1) is 23.0. The summed E-state index contributed by atoms with van der Waals surface area (Å²) in [4.78, 5) is 0. The van der Waals surface area contributed by atoms with Crippen molar-refractivity contribution in [1.29, 1.82) is 0 Å². The van der Waals surface area contributed by atoms with E-state index in [1.165, 1.54) is 0 Å². The molecule has 0 radical (unpaired) electrons. The topological polar surface area (TPSA) is 13.1 Å². The molecule has 1 nitrogen and oxygen atoms in total. The van der Waals surface area contributed by atoms with Crippen molar-refractivity contribution in [3.8, 4) is 44.5 Å². The summed E-state index contributed by atoms with van der Waals surface area (Å²) in [6.07, 6.45) is 0. The maximum Gasteiger partial charge on any atom is 0.143 e. The summed E-state index contributed by atoms with van der Waals surface area (Å²) in [6, 6.07) is 50.8. The van der Waals surface area contributed by atoms with Crippen LogP contribution in [0.4, 0.5) is 0 Å². The molecule has 0 saturated carbocycles. The van der Waals surface area contributed by atoms with Crippen LogP contribution < -0.4 is 0 Å². The Morgan fingerprint density at radius 1 is 0.388 bits per heavy atom. The van der Waals surface area contributed by atoms with Gasteiger partial charge in [-0.3, -0.25) is 0 Å². The van der Waals surface area contributed by atoms with E-state index in [1.807, 2.05) is 30.3 Å². The number of hydrogen-bond acceptors (Lipinski definition) is 1. The number of furan rings is 1. The standard InChI is InChI=1S/C48H30O/c1-2-13-31(14-3-1)33-16-10-18-35(29-33)45-39-21-6-8-23-41(39)46(42-24-9-7-22-40(42)45)36-19-11-17-34(30-36)37-25-12-26-44-47(37)43-28-27-32-15-4-5-20-38(32)48(43)49-44/h1-30H/i1D,2D,3D,13D,14D. The molecule has 0 unspecified atom stereocenters. The Morgan fingerprint density at radius 2 is 0.939 bits per heavy atom. The molecule has 0 atom stereocenters. The van der Waals surface area contributed by atoms with Gasteiger partial charge in [0, 0.05) is 16.2 Å². The van der Waals surface area contributed by atoms with Crippen LogP contribution >= 0.6 is 0 Å². The molecule has 0 saturated heterocycles. The zero-order chi connectivity index (χ0) is 36.7. The molecular formula is C48H30O. The fourth-order valence-corrected chi connectivity index (χ4v) is 7.61. The normalized spacial score (nSPS) is 13.1. The predicted molar refractivity (Wildman–Crippen MR) is 208 cm³/mol. The lowest BCUT2D eigenvalue weighted by Gasteiger charge is -2.18. The van der Waals surface area contributed by atoms with Crippen molar-refractivity contribution in [3.05, 3.63) is 182 Å². The minimum atomic E-state index is -0.398. The molecule has 0 aliphatic heterocycles. The van der Waals surface area contributed by atoms with Crippen molar-refractivity contribution in [2.75, 3.05) is 0 Å². The summed E-state index contributed by atoms with van der Waals surface area (Å²) >= 11 is 0. The lowest BCUT2D eigenvalue weighted by molar-refractivity contribution is 0.673. The summed E-state index contributed by atoms with van der Waals surface area (Å²) in [6.45, 7) is 0. The van der Waals surface area contributed by atoms with Crippen LogP contribution in [0.3, 0.4) is 0 Å². The van der Waals surface area contributed by atoms with Gasteiger partial charge < -0.3 is 4.42 Å². The first-order valence-electron chi connectivity index (χ1n) is 18.9. The molecule has 0 spiro atoms. The van der Waals surface area contributed by atoms with Crippen molar-refractivity contribution in [2.24, 2.45) is 0 Å². The largest absolute Gasteiger partial charge is 0.455 e. The van der Waals surface area contributed by atoms with Gasteiger partial charge in [-0.15, -0.1) is 0 Å². The zero-order valence-corrected chi connectivity index (χ0v) is 26.3. The second-order valence-electron chi connectivity index (χ2n) is 12.4. The van der Waals surface area contributed by atoms with Crippen LogP contribution in [0, 0.1) is 0 Å². The minimum absolute atomic E-state index is 0.193. The Labute approximate surface area is 291 Å². The fourth-order valence-electron chi connectivity index (χ4n) is 7.61. The summed E-state index contributed by atoms with van der Waals surface area (Å²) in [7, 11) is 0. The van der Waals surface area contributed by atoms with Crippen LogP contribution in [0.2, 0.25) is 0 Å². The molecule has 1 heteroatoms. The molecule has 0 fully saturated rings. The van der Waals surface area contributed by atoms with Gasteiger partial charge >= 0.3 is 0 Å². The van der Waals surface area contributed by atoms with Gasteiger partial charge in [0.25, 0.3) is 0 Å². The average Bonchev–Trinajstić information content (AvgIpc) is 3.61. The summed E-state index contributed by atoms with van der Waals surface area (Å²) in [5, 5.41) is 8.74. The van der Waals surface area contributed by atoms with E-state index in [0.717, 1.165) is 87.6 Å². The Kier molecular flexibility index (Phi) is 5.20. The van der Waals surface area contributed by atoms with E-state index in [9.17, 15) is 0 Å². The second kappa shape index (κ2) is 11.1. The van der Waals surface area contributed by atoms with Crippen molar-refractivity contribution < 1.29 is 11.3 Å². The summed E-state index contributed by atoms with van der Waals surface area (Å²) < 4.78 is 48.5. The Morgan fingerprint density at radius 3 is 1.61 bits per heavy atom. The Bertz CT molecular complexity index is 3090. The van der Waals surface area contributed by atoms with Crippen LogP contribution in [0.1, 0.15) is 6.85 Å². The highest BCUT2D eigenvalue weighted by molar-refractivity contribution is 6.22. The number of fused-ring (bicyclic) bond motifs is 7. The molecule has 0 bridgehead atoms. The SMILES string of the molecule is [2H]c1c([2H])c([2H])c(-c2cccc(-c3c4ccccc4c(-c4cccc(-c5cccc6oc7c8ccccc8ccc7c56)c4)c4ccccc34)c2)c([2H])c1[2H]. The first-order valence-corrected chi connectivity index (χ1v) is 16.4. The summed E-state index contributed by atoms with van der Waals surface area (Å²) in [5.41, 5.74) is 8.87. The number of rotatable bonds is 4. The molecular weight excluding hydrogens is 593 g/mol. The van der Waals surface area contributed by atoms with Crippen molar-refractivity contribution in [1.82, 2.24) is 0 Å². The highest BCUT2D eigenvalue weighted by Crippen LogP contribution is 2.46. The predicted octanol–water partition coefficient (Wildman–Crippen LogP) is 13.7.